The largest absolute Gasteiger partial charge is 0.508 e. The monoisotopic (exact) mass is 545 g/mol. The van der Waals surface area contributed by atoms with Crippen molar-refractivity contribution in [1.82, 2.24) is 9.62 Å². The van der Waals surface area contributed by atoms with Crippen molar-refractivity contribution in [3.8, 4) is 17.6 Å². The highest BCUT2D eigenvalue weighted by molar-refractivity contribution is 7.88. The SMILES string of the molecule is CN(C)[C@@H]1C(=O)C(C(N)=O)=C(O)[C@]2(O)C(=O)C3=C(O)c4c(O)ccc(C#CCNS(C)(=O)=O)c4C[C@@H]3C[C@@H]12. The van der Waals surface area contributed by atoms with Gasteiger partial charge in [-0.2, -0.15) is 0 Å². The van der Waals surface area contributed by atoms with Crippen LogP contribution >= 0.6 is 0 Å². The van der Waals surface area contributed by atoms with Gasteiger partial charge in [-0.05, 0) is 50.6 Å². The average molecular weight is 546 g/mol. The van der Waals surface area contributed by atoms with E-state index in [1.165, 1.54) is 31.1 Å². The molecule has 1 saturated carbocycles. The number of carbonyl (C=O) groups is 3. The van der Waals surface area contributed by atoms with Crippen LogP contribution < -0.4 is 10.5 Å². The molecule has 3 aliphatic rings. The number of nitrogens with one attached hydrogen (secondary N) is 1. The highest BCUT2D eigenvalue weighted by Crippen LogP contribution is 2.52. The molecule has 0 radical (unpaired) electrons. The third kappa shape index (κ3) is 4.15. The van der Waals surface area contributed by atoms with Gasteiger partial charge in [0.2, 0.25) is 15.8 Å². The van der Waals surface area contributed by atoms with E-state index >= 15 is 0 Å². The number of hydrogen-bond acceptors (Lipinski definition) is 10. The molecule has 13 heteroatoms. The maximum absolute atomic E-state index is 13.8. The van der Waals surface area contributed by atoms with Gasteiger partial charge >= 0.3 is 0 Å². The third-order valence-electron chi connectivity index (χ3n) is 7.25. The fourth-order valence-corrected chi connectivity index (χ4v) is 6.00. The van der Waals surface area contributed by atoms with Crippen molar-refractivity contribution in [2.24, 2.45) is 17.6 Å². The summed E-state index contributed by atoms with van der Waals surface area (Å²) in [5.41, 5.74) is 2.11. The minimum absolute atomic E-state index is 0.0517. The van der Waals surface area contributed by atoms with Crippen LogP contribution in [0.25, 0.3) is 5.76 Å². The zero-order chi connectivity index (χ0) is 28.3. The van der Waals surface area contributed by atoms with E-state index in [4.69, 9.17) is 5.73 Å². The van der Waals surface area contributed by atoms with Crippen molar-refractivity contribution in [2.75, 3.05) is 26.9 Å². The number of aliphatic hydroxyl groups excluding tert-OH is 2. The Morgan fingerprint density at radius 1 is 1.24 bits per heavy atom. The summed E-state index contributed by atoms with van der Waals surface area (Å²) >= 11 is 0. The Kier molecular flexibility index (Phi) is 6.65. The van der Waals surface area contributed by atoms with Crippen molar-refractivity contribution in [1.29, 1.82) is 0 Å². The number of nitrogens with two attached hydrogens (primary N) is 1. The Labute approximate surface area is 218 Å². The predicted octanol–water partition coefficient (Wildman–Crippen LogP) is -1.14. The number of aliphatic hydroxyl groups is 3. The van der Waals surface area contributed by atoms with Crippen LogP contribution in [0.3, 0.4) is 0 Å². The van der Waals surface area contributed by atoms with E-state index in [-0.39, 0.29) is 36.3 Å². The van der Waals surface area contributed by atoms with E-state index in [9.17, 15) is 43.2 Å². The standard InChI is InChI=1S/C25H27N3O9S/c1-28(2)19-14-10-12-9-13-11(5-4-8-27-38(3,36)37)6-7-15(29)17(13)20(30)16(12)22(32)25(14,35)23(33)18(21(19)31)24(26)34/h6-7,12,14,19,27,29-30,33,35H,8-10H2,1-3H3,(H2,26,34)/t12-,14+,19+,25-/m1/s1. The topological polar surface area (TPSA) is 208 Å². The predicted molar refractivity (Wildman–Crippen MR) is 134 cm³/mol. The minimum Gasteiger partial charge on any atom is -0.508 e. The van der Waals surface area contributed by atoms with Crippen LogP contribution in [0.2, 0.25) is 0 Å². The number of likely N-dealkylation sites (N-methyl/N-ethyl adjacent to an activating group) is 1. The first-order valence-corrected chi connectivity index (χ1v) is 13.4. The molecule has 1 fully saturated rings. The second-order valence-corrected chi connectivity index (χ2v) is 11.7. The highest BCUT2D eigenvalue weighted by atomic mass is 32.2. The van der Waals surface area contributed by atoms with Gasteiger partial charge < -0.3 is 26.2 Å². The number of nitrogens with zero attached hydrogens (tertiary/aromatic N) is 1. The maximum atomic E-state index is 13.8. The lowest BCUT2D eigenvalue weighted by Gasteiger charge is -2.50. The summed E-state index contributed by atoms with van der Waals surface area (Å²) in [6, 6.07) is 1.55. The lowest BCUT2D eigenvalue weighted by Crippen LogP contribution is -2.65. The number of Topliss-reactive ketones (excluding diaryl/α,β-unsaturated/α-hetero) is 2. The molecule has 0 spiro atoms. The van der Waals surface area contributed by atoms with Crippen molar-refractivity contribution in [3.63, 3.8) is 0 Å². The summed E-state index contributed by atoms with van der Waals surface area (Å²) in [5, 5.41) is 44.1. The molecule has 0 unspecified atom stereocenters. The molecule has 0 aromatic heterocycles. The lowest BCUT2D eigenvalue weighted by atomic mass is 9.57. The van der Waals surface area contributed by atoms with Gasteiger partial charge in [-0.3, -0.25) is 19.3 Å². The molecular formula is C25H27N3O9S. The molecule has 0 saturated heterocycles. The maximum Gasteiger partial charge on any atom is 0.255 e. The molecule has 1 aromatic carbocycles. The second-order valence-electron chi connectivity index (χ2n) is 9.84. The fraction of sp³-hybridized carbons (Fsp3) is 0.400. The third-order valence-corrected chi connectivity index (χ3v) is 7.92. The van der Waals surface area contributed by atoms with Crippen LogP contribution in [0.5, 0.6) is 5.75 Å². The normalized spacial score (nSPS) is 26.9. The number of ketones is 2. The Morgan fingerprint density at radius 2 is 1.89 bits per heavy atom. The van der Waals surface area contributed by atoms with E-state index < -0.39 is 68.1 Å². The van der Waals surface area contributed by atoms with E-state index in [0.717, 1.165) is 6.26 Å². The molecule has 0 heterocycles. The number of carbonyl (C=O) groups excluding carboxylic acids is 3. The summed E-state index contributed by atoms with van der Waals surface area (Å²) in [4.78, 5) is 40.3. The van der Waals surface area contributed by atoms with Crippen LogP contribution in [-0.2, 0) is 30.8 Å². The highest BCUT2D eigenvalue weighted by Gasteiger charge is 2.64. The van der Waals surface area contributed by atoms with Gasteiger partial charge in [-0.15, -0.1) is 0 Å². The minimum atomic E-state index is -3.47. The first kappa shape index (κ1) is 27.3. The Hall–Kier alpha value is -3.70. The molecule has 202 valence electrons. The van der Waals surface area contributed by atoms with Crippen molar-refractivity contribution >= 4 is 33.3 Å². The molecule has 4 atom stereocenters. The molecule has 7 N–H and O–H groups in total. The van der Waals surface area contributed by atoms with Crippen LogP contribution in [0, 0.1) is 23.7 Å². The molecular weight excluding hydrogens is 518 g/mol. The number of rotatable bonds is 4. The van der Waals surface area contributed by atoms with Crippen molar-refractivity contribution in [3.05, 3.63) is 45.7 Å². The molecule has 3 aliphatic carbocycles. The van der Waals surface area contributed by atoms with Gasteiger partial charge in [-0.1, -0.05) is 11.8 Å². The van der Waals surface area contributed by atoms with E-state index in [0.29, 0.717) is 11.1 Å². The van der Waals surface area contributed by atoms with Gasteiger partial charge in [0.05, 0.1) is 24.4 Å². The number of fused-ring (bicyclic) bond motifs is 3. The molecule has 1 aromatic rings. The first-order valence-electron chi connectivity index (χ1n) is 11.5. The van der Waals surface area contributed by atoms with Gasteiger partial charge in [-0.25, -0.2) is 13.1 Å². The molecule has 0 aliphatic heterocycles. The average Bonchev–Trinajstić information content (AvgIpc) is 2.79. The number of phenols is 1. The molecule has 0 bridgehead atoms. The number of phenolic OH excluding ortho intramolecular Hbond substituents is 1. The lowest BCUT2D eigenvalue weighted by molar-refractivity contribution is -0.153. The summed E-state index contributed by atoms with van der Waals surface area (Å²) in [7, 11) is -0.432. The van der Waals surface area contributed by atoms with Crippen LogP contribution in [-0.4, -0.2) is 89.8 Å². The summed E-state index contributed by atoms with van der Waals surface area (Å²) < 4.78 is 24.8. The van der Waals surface area contributed by atoms with E-state index in [1.807, 2.05) is 0 Å². The molecule has 12 nitrogen and oxygen atoms in total. The van der Waals surface area contributed by atoms with Crippen LogP contribution in [0.15, 0.2) is 29.0 Å². The van der Waals surface area contributed by atoms with Crippen molar-refractivity contribution in [2.45, 2.75) is 24.5 Å². The Balaban J connectivity index is 1.88. The summed E-state index contributed by atoms with van der Waals surface area (Å²) in [6.07, 6.45) is 1.01. The van der Waals surface area contributed by atoms with Crippen LogP contribution in [0.4, 0.5) is 0 Å². The number of primary amides is 1. The molecule has 4 rings (SSSR count). The fourth-order valence-electron chi connectivity index (χ4n) is 5.67. The quantitative estimate of drug-likeness (QED) is 0.198. The van der Waals surface area contributed by atoms with Gasteiger partial charge in [0.15, 0.2) is 11.4 Å². The van der Waals surface area contributed by atoms with Gasteiger partial charge in [0.25, 0.3) is 5.91 Å². The zero-order valence-corrected chi connectivity index (χ0v) is 21.6. The Morgan fingerprint density at radius 3 is 2.47 bits per heavy atom. The second kappa shape index (κ2) is 9.25. The molecule has 38 heavy (non-hydrogen) atoms. The number of benzene rings is 1. The number of hydrogen-bond donors (Lipinski definition) is 6. The number of aromatic hydroxyl groups is 1. The van der Waals surface area contributed by atoms with E-state index in [1.54, 1.807) is 0 Å². The molecule has 1 amide bonds. The summed E-state index contributed by atoms with van der Waals surface area (Å²) in [5.74, 6) is -1.86. The number of amides is 1. The number of sulfonamides is 1. The summed E-state index contributed by atoms with van der Waals surface area (Å²) in [6.45, 7) is -0.182. The Bertz CT molecular complexity index is 1510. The smallest absolute Gasteiger partial charge is 0.255 e. The van der Waals surface area contributed by atoms with E-state index in [2.05, 4.69) is 16.6 Å². The zero-order valence-electron chi connectivity index (χ0n) is 20.8. The van der Waals surface area contributed by atoms with Crippen LogP contribution in [0.1, 0.15) is 23.1 Å². The first-order chi connectivity index (χ1) is 17.6. The van der Waals surface area contributed by atoms with Crippen molar-refractivity contribution < 1.29 is 43.2 Å². The van der Waals surface area contributed by atoms with Gasteiger partial charge in [0.1, 0.15) is 22.8 Å². The van der Waals surface area contributed by atoms with Gasteiger partial charge in [0, 0.05) is 17.1 Å².